The number of amides is 8. The van der Waals surface area contributed by atoms with Crippen LogP contribution in [0.15, 0.2) is 0 Å². The van der Waals surface area contributed by atoms with E-state index in [1.54, 1.807) is 0 Å². The molecule has 8 amide bonds. The van der Waals surface area contributed by atoms with Gasteiger partial charge in [0.2, 0.25) is 47.3 Å². The van der Waals surface area contributed by atoms with Crippen molar-refractivity contribution >= 4 is 47.3 Å². The van der Waals surface area contributed by atoms with Gasteiger partial charge in [0.15, 0.2) is 69.2 Å². The SMILES string of the molecule is CC(=O)N[C@H]1[C@H](O[C@H]2[C@H](O)[C@@H](NC(C)=O)C(O)O[C@@H]2CO)O[C@H](CO)[C@@H](O[C@@H]2O[C@H](CO[C@H]3O[C@H](CO[C@@H]4O[C@H](CO)[C@@H](O[C@@H]5O[C@H](CO)[C@H](O)[C@H](O)[C@H]5NC(C)=O)[C@@H](O)[C@H]4NC(C)=O)[C@@H](O)[C@H](O)[C@@H]3O[C@@H]3O[C@H](CO)[C@@H](O[C@@H]4O[C@H](CO)[C@H](O)[C@H](O)[C@H]4NC(C)=O)[C@H](O)[C@H]3NC(C)=O)[C@@H](O)[C@H](O[C@H]3O[C@H](CO)[C@@H](O)[C@H](O)[C@@H]3O[C@@H]3O[C@H](CO)[C@@H](O[C@@H]4O[C@H](CO)[C@H](O)[C@H](O)[C@H]4NC(C)=O)[C@H](O)[C@H]3NC(C)=O)[C@@H]2O)[C@@H]1O. The molecule has 55 atom stereocenters. The Morgan fingerprint density at radius 3 is 0.671 bits per heavy atom. The molecule has 64 heteroatoms. The number of carbonyl (C=O) groups is 8. The summed E-state index contributed by atoms with van der Waals surface area (Å²) in [6, 6.07) is -14.9. The van der Waals surface area contributed by atoms with Crippen LogP contribution < -0.4 is 42.5 Å². The van der Waals surface area contributed by atoms with E-state index in [9.17, 15) is 176 Å². The number of carbonyl (C=O) groups excluding carboxylic acids is 8. The van der Waals surface area contributed by atoms with E-state index in [0.29, 0.717) is 0 Å². The molecule has 0 radical (unpaired) electrons. The van der Waals surface area contributed by atoms with Gasteiger partial charge in [-0.1, -0.05) is 0 Å². The molecule has 35 N–H and O–H groups in total. The van der Waals surface area contributed by atoms with Crippen LogP contribution in [-0.4, -0.2) is 595 Å². The topological polar surface area (TPSA) is 973 Å². The van der Waals surface area contributed by atoms with Crippen molar-refractivity contribution in [2.45, 2.75) is 393 Å². The molecule has 11 rings (SSSR count). The zero-order chi connectivity index (χ0) is 108. The maximum atomic E-state index is 13.4. The van der Waals surface area contributed by atoms with Gasteiger partial charge < -0.3 is 280 Å². The number of nitrogens with one attached hydrogen (secondary N) is 8. The standard InChI is InChI=1S/C82H136N8O56/c1-20(100)83-39-56(117)64(32(13-95)128-72(39)125)139-77-44(88-25(6)105)60(121)68(36(17-99)134-77)143-80-63(124)69(144-82-71(61(122)50(111)31(12-94)132-82)146-79-46(90-27(8)107)59(120)67(35(16-98)136-79)142-76-42(86-23(4)103)55(116)49(110)30(11-93)131-76)52(113)38(137-80)19-127-81-70(145-78-45(89-26(7)106)58(119)66(34(15-97)135-78)141-75-41(85-22(3)102)54(115)48(109)29(10-92)130-75)62(123)51(112)37(138-81)18-126-73-43(87-24(5)104)57(118)65(33(14-96)133-73)140-74-40(84-21(2)101)53(114)47(108)28(9-91)129-74/h28-82,91-99,108-125H,9-19H2,1-8H3,(H,83,100)(H,84,101)(H,85,102)(H,86,103)(H,87,104)(H,88,105)(H,89,106)(H,90,107)/t28-,29-,30-,31-,32-,33-,34-,35-,36-,37-,38-,39-,40-,41-,42-,43-,44-,45-,46-,47+,48+,49+,50-,51-,52-,53-,54-,55-,56-,57+,58-,59-,60-,61+,62+,63+,64-,65-,66-,67-,68-,69+,70+,71+,72?,73-,74+,75+,76+,77+,78+,79+,80+,81+,82-/m1/s1. The highest BCUT2D eigenvalue weighted by Crippen LogP contribution is 2.42. The molecule has 0 aromatic heterocycles. The molecule has 0 aromatic rings. The summed E-state index contributed by atoms with van der Waals surface area (Å²) >= 11 is 0. The third-order valence-corrected chi connectivity index (χ3v) is 26.2. The lowest BCUT2D eigenvalue weighted by Crippen LogP contribution is -2.71. The van der Waals surface area contributed by atoms with Crippen molar-refractivity contribution in [2.75, 3.05) is 72.7 Å². The lowest BCUT2D eigenvalue weighted by atomic mass is 9.93. The van der Waals surface area contributed by atoms with Gasteiger partial charge in [0.1, 0.15) is 268 Å². The van der Waals surface area contributed by atoms with Crippen LogP contribution in [0.3, 0.4) is 0 Å². The van der Waals surface area contributed by atoms with Crippen molar-refractivity contribution in [1.82, 2.24) is 42.5 Å². The summed E-state index contributed by atoms with van der Waals surface area (Å²) in [7, 11) is 0. The highest BCUT2D eigenvalue weighted by molar-refractivity contribution is 5.76. The van der Waals surface area contributed by atoms with Crippen molar-refractivity contribution in [2.24, 2.45) is 0 Å². The lowest BCUT2D eigenvalue weighted by Gasteiger charge is -2.51. The van der Waals surface area contributed by atoms with Gasteiger partial charge in [-0.25, -0.2) is 0 Å². The van der Waals surface area contributed by atoms with E-state index in [-0.39, 0.29) is 0 Å². The first-order valence-electron chi connectivity index (χ1n) is 46.6. The van der Waals surface area contributed by atoms with E-state index < -0.39 is 457 Å². The molecule has 11 aliphatic heterocycles. The van der Waals surface area contributed by atoms with Crippen LogP contribution in [-0.2, 0) is 138 Å². The molecule has 0 aromatic carbocycles. The minimum atomic E-state index is -2.72. The third-order valence-electron chi connectivity index (χ3n) is 26.2. The molecule has 64 nitrogen and oxygen atoms in total. The van der Waals surface area contributed by atoms with Crippen molar-refractivity contribution in [1.29, 1.82) is 0 Å². The number of hydrogen-bond acceptors (Lipinski definition) is 56. The average molecular weight is 2130 g/mol. The fraction of sp³-hybridized carbons (Fsp3) is 0.902. The zero-order valence-electron chi connectivity index (χ0n) is 79.4. The molecule has 11 aliphatic rings. The Morgan fingerprint density at radius 2 is 0.370 bits per heavy atom. The fourth-order valence-electron chi connectivity index (χ4n) is 18.9. The maximum absolute atomic E-state index is 13.4. The monoisotopic (exact) mass is 2130 g/mol. The lowest BCUT2D eigenvalue weighted by molar-refractivity contribution is -0.398. The van der Waals surface area contributed by atoms with Gasteiger partial charge in [-0.15, -0.1) is 0 Å². The van der Waals surface area contributed by atoms with Crippen LogP contribution in [0.5, 0.6) is 0 Å². The van der Waals surface area contributed by atoms with Gasteiger partial charge in [-0.05, 0) is 0 Å². The Hall–Kier alpha value is -6.16. The summed E-state index contributed by atoms with van der Waals surface area (Å²) in [4.78, 5) is 103. The van der Waals surface area contributed by atoms with Crippen LogP contribution in [0.25, 0.3) is 0 Å². The Balaban J connectivity index is 0.980. The third kappa shape index (κ3) is 27.6. The van der Waals surface area contributed by atoms with Gasteiger partial charge in [-0.3, -0.25) is 38.4 Å². The van der Waals surface area contributed by atoms with Crippen molar-refractivity contribution in [3.05, 3.63) is 0 Å². The summed E-state index contributed by atoms with van der Waals surface area (Å²) in [5, 5.41) is 328. The number of rotatable bonds is 39. The second-order valence-corrected chi connectivity index (χ2v) is 36.8. The summed E-state index contributed by atoms with van der Waals surface area (Å²) < 4.78 is 128. The van der Waals surface area contributed by atoms with Crippen LogP contribution in [0.1, 0.15) is 55.4 Å². The van der Waals surface area contributed by atoms with E-state index in [2.05, 4.69) is 42.5 Å². The molecule has 0 saturated carbocycles. The van der Waals surface area contributed by atoms with E-state index >= 15 is 0 Å². The molecule has 0 spiro atoms. The highest BCUT2D eigenvalue weighted by Gasteiger charge is 2.63. The van der Waals surface area contributed by atoms with Gasteiger partial charge in [-0.2, -0.15) is 0 Å². The van der Waals surface area contributed by atoms with Gasteiger partial charge >= 0.3 is 0 Å². The average Bonchev–Trinajstić information content (AvgIpc) is 1.03. The second-order valence-electron chi connectivity index (χ2n) is 36.8. The second kappa shape index (κ2) is 53.1. The van der Waals surface area contributed by atoms with Crippen molar-refractivity contribution in [3.63, 3.8) is 0 Å². The molecule has 11 fully saturated rings. The minimum Gasteiger partial charge on any atom is -0.394 e. The normalized spacial score (nSPS) is 46.5. The number of ether oxygens (including phenoxy) is 21. The molecular weight excluding hydrogens is 1990 g/mol. The maximum Gasteiger partial charge on any atom is 0.217 e. The van der Waals surface area contributed by atoms with Gasteiger partial charge in [0.05, 0.1) is 72.7 Å². The summed E-state index contributed by atoms with van der Waals surface area (Å²) in [5.74, 6) is -7.37. The quantitative estimate of drug-likeness (QED) is 0.0272. The summed E-state index contributed by atoms with van der Waals surface area (Å²) in [6.07, 6.45) is -101. The molecule has 0 aliphatic carbocycles. The number of aliphatic hydroxyl groups is 27. The minimum absolute atomic E-state index is 0.827. The van der Waals surface area contributed by atoms with Crippen LogP contribution >= 0.6 is 0 Å². The molecular formula is C82H136N8O56. The van der Waals surface area contributed by atoms with E-state index in [4.69, 9.17) is 99.5 Å². The summed E-state index contributed by atoms with van der Waals surface area (Å²) in [5.41, 5.74) is 0. The predicted octanol–water partition coefficient (Wildman–Crippen LogP) is -23.8. The largest absolute Gasteiger partial charge is 0.394 e. The molecule has 840 valence electrons. The van der Waals surface area contributed by atoms with E-state index in [0.717, 1.165) is 55.4 Å². The Kier molecular flexibility index (Phi) is 43.7. The number of hydrogen-bond donors (Lipinski definition) is 35. The first-order valence-corrected chi connectivity index (χ1v) is 46.6. The zero-order valence-corrected chi connectivity index (χ0v) is 79.4. The summed E-state index contributed by atoms with van der Waals surface area (Å²) in [6.45, 7) is -5.14. The van der Waals surface area contributed by atoms with Crippen molar-refractivity contribution < 1.29 is 276 Å². The molecule has 0 bridgehead atoms. The molecule has 1 unspecified atom stereocenters. The molecule has 146 heavy (non-hydrogen) atoms. The molecule has 11 heterocycles. The van der Waals surface area contributed by atoms with Gasteiger partial charge in [0, 0.05) is 55.4 Å². The predicted molar refractivity (Wildman–Crippen MR) is 455 cm³/mol. The van der Waals surface area contributed by atoms with Crippen molar-refractivity contribution in [3.8, 4) is 0 Å². The Labute approximate surface area is 828 Å². The van der Waals surface area contributed by atoms with Crippen LogP contribution in [0.4, 0.5) is 0 Å². The number of aliphatic hydroxyl groups excluding tert-OH is 27. The van der Waals surface area contributed by atoms with E-state index in [1.165, 1.54) is 0 Å². The fourth-order valence-corrected chi connectivity index (χ4v) is 18.9. The molecule has 11 saturated heterocycles. The Bertz CT molecular complexity index is 4180. The first-order chi connectivity index (χ1) is 69.0. The Morgan fingerprint density at radius 1 is 0.178 bits per heavy atom. The van der Waals surface area contributed by atoms with E-state index in [1.807, 2.05) is 0 Å². The smallest absolute Gasteiger partial charge is 0.217 e. The van der Waals surface area contributed by atoms with Crippen LogP contribution in [0, 0.1) is 0 Å². The highest BCUT2D eigenvalue weighted by atomic mass is 16.8. The van der Waals surface area contributed by atoms with Crippen LogP contribution in [0.2, 0.25) is 0 Å². The first kappa shape index (κ1) is 120. The van der Waals surface area contributed by atoms with Gasteiger partial charge in [0.25, 0.3) is 0 Å².